The summed E-state index contributed by atoms with van der Waals surface area (Å²) in [4.78, 5) is 11.8. The molecule has 20 heavy (non-hydrogen) atoms. The summed E-state index contributed by atoms with van der Waals surface area (Å²) < 4.78 is 5.33. The van der Waals surface area contributed by atoms with Gasteiger partial charge in [0, 0.05) is 18.1 Å². The van der Waals surface area contributed by atoms with E-state index in [0.717, 1.165) is 12.8 Å². The van der Waals surface area contributed by atoms with Crippen molar-refractivity contribution in [2.24, 2.45) is 5.41 Å². The number of nitrogens with one attached hydrogen (secondary N) is 2. The minimum Gasteiger partial charge on any atom is -0.444 e. The maximum atomic E-state index is 11.8. The van der Waals surface area contributed by atoms with Gasteiger partial charge in [-0.25, -0.2) is 4.79 Å². The standard InChI is InChI=1S/C16H30N2O2/c1-15(2,3)20-14(19)18-12-8-6-7-11(9-12)17-13-10-16(13,4)5/h11-13,17H,6-10H2,1-5H3,(H,18,19). The molecule has 0 bridgehead atoms. The van der Waals surface area contributed by atoms with Crippen LogP contribution in [0.5, 0.6) is 0 Å². The largest absolute Gasteiger partial charge is 0.444 e. The van der Waals surface area contributed by atoms with Gasteiger partial charge < -0.3 is 15.4 Å². The van der Waals surface area contributed by atoms with Crippen LogP contribution in [0.4, 0.5) is 4.79 Å². The van der Waals surface area contributed by atoms with Crippen molar-refractivity contribution < 1.29 is 9.53 Å². The van der Waals surface area contributed by atoms with Crippen LogP contribution in [0.1, 0.15) is 66.7 Å². The van der Waals surface area contributed by atoms with Crippen LogP contribution in [0, 0.1) is 5.41 Å². The van der Waals surface area contributed by atoms with Crippen molar-refractivity contribution in [2.75, 3.05) is 0 Å². The molecule has 0 spiro atoms. The molecule has 2 aliphatic carbocycles. The summed E-state index contributed by atoms with van der Waals surface area (Å²) in [5, 5.41) is 6.76. The van der Waals surface area contributed by atoms with Crippen molar-refractivity contribution in [3.05, 3.63) is 0 Å². The molecule has 0 aliphatic heterocycles. The van der Waals surface area contributed by atoms with Gasteiger partial charge in [0.1, 0.15) is 5.60 Å². The molecule has 3 unspecified atom stereocenters. The molecule has 0 radical (unpaired) electrons. The van der Waals surface area contributed by atoms with E-state index in [9.17, 15) is 4.79 Å². The summed E-state index contributed by atoms with van der Waals surface area (Å²) in [5.74, 6) is 0. The predicted molar refractivity (Wildman–Crippen MR) is 80.7 cm³/mol. The summed E-state index contributed by atoms with van der Waals surface area (Å²) in [6, 6.07) is 1.45. The Morgan fingerprint density at radius 1 is 1.20 bits per heavy atom. The highest BCUT2D eigenvalue weighted by atomic mass is 16.6. The number of rotatable bonds is 3. The zero-order valence-corrected chi connectivity index (χ0v) is 13.6. The maximum absolute atomic E-state index is 11.8. The summed E-state index contributed by atoms with van der Waals surface area (Å²) in [5.41, 5.74) is 0.0416. The van der Waals surface area contributed by atoms with E-state index >= 15 is 0 Å². The number of hydrogen-bond acceptors (Lipinski definition) is 3. The average Bonchev–Trinajstić information content (AvgIpc) is 2.83. The van der Waals surface area contributed by atoms with Crippen molar-refractivity contribution in [3.8, 4) is 0 Å². The third-order valence-corrected chi connectivity index (χ3v) is 4.35. The Labute approximate surface area is 123 Å². The van der Waals surface area contributed by atoms with Gasteiger partial charge in [-0.2, -0.15) is 0 Å². The number of amides is 1. The number of hydrogen-bond donors (Lipinski definition) is 2. The highest BCUT2D eigenvalue weighted by molar-refractivity contribution is 5.68. The van der Waals surface area contributed by atoms with E-state index < -0.39 is 5.60 Å². The highest BCUT2D eigenvalue weighted by Crippen LogP contribution is 2.45. The van der Waals surface area contributed by atoms with Crippen LogP contribution in [0.2, 0.25) is 0 Å². The van der Waals surface area contributed by atoms with Crippen LogP contribution in [-0.4, -0.2) is 29.8 Å². The van der Waals surface area contributed by atoms with Crippen molar-refractivity contribution in [3.63, 3.8) is 0 Å². The molecular weight excluding hydrogens is 252 g/mol. The highest BCUT2D eigenvalue weighted by Gasteiger charge is 2.46. The Morgan fingerprint density at radius 2 is 1.80 bits per heavy atom. The van der Waals surface area contributed by atoms with Gasteiger partial charge in [0.05, 0.1) is 0 Å². The van der Waals surface area contributed by atoms with Gasteiger partial charge >= 0.3 is 6.09 Å². The quantitative estimate of drug-likeness (QED) is 0.835. The second-order valence-corrected chi connectivity index (χ2v) is 8.12. The topological polar surface area (TPSA) is 50.4 Å². The third kappa shape index (κ3) is 4.65. The van der Waals surface area contributed by atoms with E-state index in [-0.39, 0.29) is 12.1 Å². The Hall–Kier alpha value is -0.770. The number of ether oxygens (including phenoxy) is 1. The smallest absolute Gasteiger partial charge is 0.407 e. The fourth-order valence-electron chi connectivity index (χ4n) is 2.98. The molecule has 2 rings (SSSR count). The first-order valence-corrected chi connectivity index (χ1v) is 7.91. The molecule has 116 valence electrons. The molecule has 3 atom stereocenters. The first-order chi connectivity index (χ1) is 9.16. The first-order valence-electron chi connectivity index (χ1n) is 7.91. The minimum atomic E-state index is -0.422. The molecule has 0 heterocycles. The summed E-state index contributed by atoms with van der Waals surface area (Å²) in [6.07, 6.45) is 5.46. The molecule has 2 fully saturated rings. The monoisotopic (exact) mass is 282 g/mol. The minimum absolute atomic E-state index is 0.248. The Kier molecular flexibility index (Phi) is 4.33. The second kappa shape index (κ2) is 5.55. The molecule has 2 saturated carbocycles. The van der Waals surface area contributed by atoms with Gasteiger partial charge in [0.2, 0.25) is 0 Å². The molecule has 0 aromatic heterocycles. The first kappa shape index (κ1) is 15.6. The van der Waals surface area contributed by atoms with Crippen LogP contribution < -0.4 is 10.6 Å². The lowest BCUT2D eigenvalue weighted by Gasteiger charge is -2.31. The second-order valence-electron chi connectivity index (χ2n) is 8.12. The Balaban J connectivity index is 1.74. The number of carbonyl (C=O) groups excluding carboxylic acids is 1. The molecule has 0 aromatic carbocycles. The molecule has 0 saturated heterocycles. The number of alkyl carbamates (subject to hydrolysis) is 1. The lowest BCUT2D eigenvalue weighted by molar-refractivity contribution is 0.0488. The van der Waals surface area contributed by atoms with Gasteiger partial charge in [-0.05, 0) is 58.3 Å². The van der Waals surface area contributed by atoms with Crippen LogP contribution in [0.3, 0.4) is 0 Å². The molecule has 4 nitrogen and oxygen atoms in total. The zero-order chi connectivity index (χ0) is 15.0. The van der Waals surface area contributed by atoms with Gasteiger partial charge in [-0.3, -0.25) is 0 Å². The molecule has 2 N–H and O–H groups in total. The van der Waals surface area contributed by atoms with Crippen LogP contribution >= 0.6 is 0 Å². The Bertz CT molecular complexity index is 360. The maximum Gasteiger partial charge on any atom is 0.407 e. The lowest BCUT2D eigenvalue weighted by atomic mass is 9.91. The summed E-state index contributed by atoms with van der Waals surface area (Å²) >= 11 is 0. The molecule has 2 aliphatic rings. The SMILES string of the molecule is CC(C)(C)OC(=O)NC1CCCC(NC2CC2(C)C)C1. The van der Waals surface area contributed by atoms with Crippen molar-refractivity contribution in [1.82, 2.24) is 10.6 Å². The molecule has 4 heteroatoms. The lowest BCUT2D eigenvalue weighted by Crippen LogP contribution is -2.46. The molecule has 0 aromatic rings. The van der Waals surface area contributed by atoms with Crippen LogP contribution in [-0.2, 0) is 4.74 Å². The van der Waals surface area contributed by atoms with Crippen LogP contribution in [0.15, 0.2) is 0 Å². The normalized spacial score (nSPS) is 32.5. The van der Waals surface area contributed by atoms with Gasteiger partial charge in [-0.15, -0.1) is 0 Å². The fourth-order valence-corrected chi connectivity index (χ4v) is 2.98. The van der Waals surface area contributed by atoms with E-state index in [4.69, 9.17) is 4.74 Å². The molecular formula is C16H30N2O2. The van der Waals surface area contributed by atoms with Crippen molar-refractivity contribution >= 4 is 6.09 Å². The van der Waals surface area contributed by atoms with Crippen molar-refractivity contribution in [2.45, 2.75) is 90.4 Å². The average molecular weight is 282 g/mol. The van der Waals surface area contributed by atoms with E-state index in [1.54, 1.807) is 0 Å². The van der Waals surface area contributed by atoms with E-state index in [0.29, 0.717) is 17.5 Å². The summed E-state index contributed by atoms with van der Waals surface area (Å²) in [6.45, 7) is 10.3. The van der Waals surface area contributed by atoms with Crippen molar-refractivity contribution in [1.29, 1.82) is 0 Å². The van der Waals surface area contributed by atoms with Gasteiger partial charge in [0.15, 0.2) is 0 Å². The summed E-state index contributed by atoms with van der Waals surface area (Å²) in [7, 11) is 0. The predicted octanol–water partition coefficient (Wildman–Crippen LogP) is 3.21. The van der Waals surface area contributed by atoms with Gasteiger partial charge in [0.25, 0.3) is 0 Å². The zero-order valence-electron chi connectivity index (χ0n) is 13.6. The third-order valence-electron chi connectivity index (χ3n) is 4.35. The molecule has 1 amide bonds. The van der Waals surface area contributed by atoms with E-state index in [1.165, 1.54) is 19.3 Å². The van der Waals surface area contributed by atoms with E-state index in [2.05, 4.69) is 24.5 Å². The number of carbonyl (C=O) groups is 1. The Morgan fingerprint density at radius 3 is 2.35 bits per heavy atom. The van der Waals surface area contributed by atoms with Crippen LogP contribution in [0.25, 0.3) is 0 Å². The fraction of sp³-hybridized carbons (Fsp3) is 0.938. The van der Waals surface area contributed by atoms with Gasteiger partial charge in [-0.1, -0.05) is 13.8 Å². The van der Waals surface area contributed by atoms with E-state index in [1.807, 2.05) is 20.8 Å².